The zero-order chi connectivity index (χ0) is 14.5. The highest BCUT2D eigenvalue weighted by atomic mass is 79.9. The van der Waals surface area contributed by atoms with E-state index >= 15 is 0 Å². The van der Waals surface area contributed by atoms with Crippen molar-refractivity contribution < 1.29 is 4.79 Å². The van der Waals surface area contributed by atoms with Gasteiger partial charge in [-0.2, -0.15) is 5.26 Å². The number of halogens is 2. The average molecular weight is 352 g/mol. The van der Waals surface area contributed by atoms with Crippen molar-refractivity contribution in [1.29, 1.82) is 5.26 Å². The first kappa shape index (κ1) is 14.4. The van der Waals surface area contributed by atoms with Gasteiger partial charge in [-0.1, -0.05) is 17.7 Å². The highest BCUT2D eigenvalue weighted by molar-refractivity contribution is 9.10. The van der Waals surface area contributed by atoms with Crippen molar-refractivity contribution >= 4 is 39.3 Å². The minimum absolute atomic E-state index is 0.0669. The van der Waals surface area contributed by atoms with Crippen LogP contribution >= 0.6 is 27.5 Å². The number of nitrogens with zero attached hydrogens (tertiary/aromatic N) is 3. The summed E-state index contributed by atoms with van der Waals surface area (Å²) < 4.78 is 0.647. The summed E-state index contributed by atoms with van der Waals surface area (Å²) in [6.07, 6.45) is 1.51. The Balaban J connectivity index is 2.05. The van der Waals surface area contributed by atoms with Crippen molar-refractivity contribution in [2.45, 2.75) is 6.42 Å². The van der Waals surface area contributed by atoms with E-state index in [1.807, 2.05) is 6.07 Å². The van der Waals surface area contributed by atoms with Gasteiger partial charge in [0, 0.05) is 10.7 Å². The van der Waals surface area contributed by atoms with Gasteiger partial charge in [0.1, 0.15) is 17.6 Å². The van der Waals surface area contributed by atoms with Gasteiger partial charge in [0.25, 0.3) is 0 Å². The third kappa shape index (κ3) is 3.76. The van der Waals surface area contributed by atoms with Crippen molar-refractivity contribution in [3.63, 3.8) is 0 Å². The molecular weight excluding hydrogens is 344 g/mol. The fourth-order valence-corrected chi connectivity index (χ4v) is 1.90. The molecule has 1 amide bonds. The normalized spacial score (nSPS) is 9.85. The van der Waals surface area contributed by atoms with E-state index in [0.29, 0.717) is 21.0 Å². The molecule has 7 heteroatoms. The number of nitriles is 1. The molecule has 0 bridgehead atoms. The van der Waals surface area contributed by atoms with Crippen LogP contribution in [0.3, 0.4) is 0 Å². The third-order valence-corrected chi connectivity index (χ3v) is 3.52. The van der Waals surface area contributed by atoms with Gasteiger partial charge in [0.2, 0.25) is 5.91 Å². The van der Waals surface area contributed by atoms with Gasteiger partial charge in [-0.05, 0) is 34.1 Å². The zero-order valence-corrected chi connectivity index (χ0v) is 12.4. The van der Waals surface area contributed by atoms with Gasteiger partial charge in [-0.3, -0.25) is 4.79 Å². The van der Waals surface area contributed by atoms with E-state index in [9.17, 15) is 4.79 Å². The summed E-state index contributed by atoms with van der Waals surface area (Å²) in [5.41, 5.74) is 0.803. The Morgan fingerprint density at radius 2 is 2.30 bits per heavy atom. The van der Waals surface area contributed by atoms with Crippen LogP contribution < -0.4 is 5.32 Å². The molecule has 2 heterocycles. The highest BCUT2D eigenvalue weighted by Crippen LogP contribution is 2.23. The predicted octanol–water partition coefficient (Wildman–Crippen LogP) is 2.95. The van der Waals surface area contributed by atoms with Crippen LogP contribution in [-0.2, 0) is 11.2 Å². The summed E-state index contributed by atoms with van der Waals surface area (Å²) in [6.45, 7) is 0. The molecule has 0 aliphatic carbocycles. The van der Waals surface area contributed by atoms with Gasteiger partial charge in [-0.25, -0.2) is 9.97 Å². The molecule has 0 radical (unpaired) electrons. The van der Waals surface area contributed by atoms with Crippen molar-refractivity contribution in [3.05, 3.63) is 51.3 Å². The van der Waals surface area contributed by atoms with Crippen LogP contribution in [0.4, 0.5) is 5.82 Å². The monoisotopic (exact) mass is 350 g/mol. The fourth-order valence-electron chi connectivity index (χ4n) is 1.47. The lowest BCUT2D eigenvalue weighted by molar-refractivity contribution is -0.115. The molecule has 0 fully saturated rings. The number of hydrogen-bond donors (Lipinski definition) is 1. The smallest absolute Gasteiger partial charge is 0.231 e. The lowest BCUT2D eigenvalue weighted by Crippen LogP contribution is -2.16. The maximum Gasteiger partial charge on any atom is 0.231 e. The molecule has 0 unspecified atom stereocenters. The summed E-state index contributed by atoms with van der Waals surface area (Å²) in [6, 6.07) is 8.49. The first-order valence-corrected chi connectivity index (χ1v) is 6.72. The molecule has 2 aromatic rings. The Bertz CT molecular complexity index is 699. The number of pyridine rings is 2. The van der Waals surface area contributed by atoms with E-state index < -0.39 is 0 Å². The molecule has 2 rings (SSSR count). The predicted molar refractivity (Wildman–Crippen MR) is 78.2 cm³/mol. The van der Waals surface area contributed by atoms with E-state index in [2.05, 4.69) is 31.2 Å². The van der Waals surface area contributed by atoms with Crippen LogP contribution in [0.5, 0.6) is 0 Å². The van der Waals surface area contributed by atoms with Gasteiger partial charge in [0.05, 0.1) is 17.1 Å². The molecule has 0 saturated carbocycles. The summed E-state index contributed by atoms with van der Waals surface area (Å²) >= 11 is 9.07. The minimum Gasteiger partial charge on any atom is -0.310 e. The molecule has 0 saturated heterocycles. The van der Waals surface area contributed by atoms with Crippen LogP contribution in [0.25, 0.3) is 0 Å². The second-order valence-electron chi connectivity index (χ2n) is 3.83. The van der Waals surface area contributed by atoms with Crippen molar-refractivity contribution in [1.82, 2.24) is 9.97 Å². The summed E-state index contributed by atoms with van der Waals surface area (Å²) in [5.74, 6) is 0.122. The van der Waals surface area contributed by atoms with Crippen LogP contribution in [0, 0.1) is 11.3 Å². The van der Waals surface area contributed by atoms with Gasteiger partial charge >= 0.3 is 0 Å². The summed E-state index contributed by atoms with van der Waals surface area (Å²) in [4.78, 5) is 19.9. The SMILES string of the molecule is N#Cc1cccc(CC(=O)Nc2cc(Br)c(Cl)cn2)n1. The third-order valence-electron chi connectivity index (χ3n) is 2.34. The Kier molecular flexibility index (Phi) is 4.66. The van der Waals surface area contributed by atoms with Gasteiger partial charge < -0.3 is 5.32 Å². The lowest BCUT2D eigenvalue weighted by atomic mass is 10.2. The molecule has 0 aliphatic rings. The van der Waals surface area contributed by atoms with Crippen molar-refractivity contribution in [3.8, 4) is 6.07 Å². The van der Waals surface area contributed by atoms with Crippen molar-refractivity contribution in [2.75, 3.05) is 5.32 Å². The quantitative estimate of drug-likeness (QED) is 0.922. The number of carbonyl (C=O) groups is 1. The first-order chi connectivity index (χ1) is 9.58. The van der Waals surface area contributed by atoms with E-state index in [-0.39, 0.29) is 18.0 Å². The molecule has 0 atom stereocenters. The summed E-state index contributed by atoms with van der Waals surface area (Å²) in [7, 11) is 0. The second kappa shape index (κ2) is 6.46. The van der Waals surface area contributed by atoms with Gasteiger partial charge in [-0.15, -0.1) is 0 Å². The molecule has 0 spiro atoms. The van der Waals surface area contributed by atoms with E-state index in [0.717, 1.165) is 0 Å². The first-order valence-electron chi connectivity index (χ1n) is 5.55. The van der Waals surface area contributed by atoms with Gasteiger partial charge in [0.15, 0.2) is 0 Å². The topological polar surface area (TPSA) is 78.7 Å². The minimum atomic E-state index is -0.269. The highest BCUT2D eigenvalue weighted by Gasteiger charge is 2.08. The maximum atomic E-state index is 11.9. The standard InChI is InChI=1S/C13H8BrClN4O/c14-10-5-12(17-7-11(10)15)19-13(20)4-8-2-1-3-9(6-16)18-8/h1-3,5,7H,4H2,(H,17,19,20). The summed E-state index contributed by atoms with van der Waals surface area (Å²) in [5, 5.41) is 11.8. The molecular formula is C13H8BrClN4O. The number of anilines is 1. The fraction of sp³-hybridized carbons (Fsp3) is 0.0769. The second-order valence-corrected chi connectivity index (χ2v) is 5.10. The average Bonchev–Trinajstić information content (AvgIpc) is 2.43. The van der Waals surface area contributed by atoms with Crippen LogP contribution in [0.2, 0.25) is 5.02 Å². The molecule has 20 heavy (non-hydrogen) atoms. The van der Waals surface area contributed by atoms with E-state index in [4.69, 9.17) is 16.9 Å². The van der Waals surface area contributed by atoms with Crippen LogP contribution in [0.15, 0.2) is 34.9 Å². The number of hydrogen-bond acceptors (Lipinski definition) is 4. The Morgan fingerprint density at radius 3 is 3.00 bits per heavy atom. The zero-order valence-electron chi connectivity index (χ0n) is 10.1. The Labute approximate surface area is 128 Å². The molecule has 1 N–H and O–H groups in total. The van der Waals surface area contributed by atoms with Crippen LogP contribution in [0.1, 0.15) is 11.4 Å². The van der Waals surface area contributed by atoms with Crippen molar-refractivity contribution in [2.24, 2.45) is 0 Å². The molecule has 0 aromatic carbocycles. The number of amides is 1. The number of carbonyl (C=O) groups excluding carboxylic acids is 1. The van der Waals surface area contributed by atoms with E-state index in [1.165, 1.54) is 6.20 Å². The Hall–Kier alpha value is -1.97. The number of aromatic nitrogens is 2. The Morgan fingerprint density at radius 1 is 1.50 bits per heavy atom. The van der Waals surface area contributed by atoms with Crippen LogP contribution in [-0.4, -0.2) is 15.9 Å². The number of rotatable bonds is 3. The number of nitrogens with one attached hydrogen (secondary N) is 1. The molecule has 100 valence electrons. The molecule has 5 nitrogen and oxygen atoms in total. The lowest BCUT2D eigenvalue weighted by Gasteiger charge is -2.05. The largest absolute Gasteiger partial charge is 0.310 e. The maximum absolute atomic E-state index is 11.9. The molecule has 2 aromatic heterocycles. The molecule has 0 aliphatic heterocycles. The van der Waals surface area contributed by atoms with E-state index in [1.54, 1.807) is 24.3 Å².